The van der Waals surface area contributed by atoms with Crippen molar-refractivity contribution in [2.45, 2.75) is 13.8 Å². The Morgan fingerprint density at radius 2 is 0.529 bits per heavy atom. The van der Waals surface area contributed by atoms with Gasteiger partial charge in [-0.25, -0.2) is 0 Å². The maximum atomic E-state index is 2.37. The van der Waals surface area contributed by atoms with Crippen LogP contribution in [0.5, 0.6) is 0 Å². The van der Waals surface area contributed by atoms with E-state index in [0.29, 0.717) is 0 Å². The Morgan fingerprint density at radius 3 is 0.868 bits per heavy atom. The Bertz CT molecular complexity index is 3200. The van der Waals surface area contributed by atoms with E-state index in [0.717, 1.165) is 11.1 Å². The van der Waals surface area contributed by atoms with E-state index in [2.05, 4.69) is 281 Å². The fourth-order valence-electron chi connectivity index (χ4n) is 9.79. The first-order valence-corrected chi connectivity index (χ1v) is 23.6. The van der Waals surface area contributed by atoms with Gasteiger partial charge in [-0.05, 0) is 148 Å². The standard InChI is InChI=1S/C68H50/c1-47-43-66(60-22-10-4-16-54(60)38-36-50-29-33-52(34-30-50)46-68-63-25-13-7-19-57(63)41-42-58-20-8-14-26-64(58)68)48(2)44-65(47)59-21-9-3-15-53(59)37-35-49-27-31-51(32-28-49)45-67-61-23-11-5-17-55(61)39-40-56-18-6-12-24-62(56)67/h3-46H,1-2H3/b37-35-,38-36?. The molecule has 0 heteroatoms. The molecule has 68 heavy (non-hydrogen) atoms. The Kier molecular flexibility index (Phi) is 11.6. The zero-order valence-electron chi connectivity index (χ0n) is 38.4. The first-order valence-electron chi connectivity index (χ1n) is 23.6. The lowest BCUT2D eigenvalue weighted by molar-refractivity contribution is 1.38. The molecule has 0 nitrogen and oxygen atoms in total. The van der Waals surface area contributed by atoms with Gasteiger partial charge in [0.1, 0.15) is 0 Å². The minimum absolute atomic E-state index is 1.16. The van der Waals surface area contributed by atoms with Crippen molar-refractivity contribution in [1.82, 2.24) is 0 Å². The van der Waals surface area contributed by atoms with Crippen LogP contribution >= 0.6 is 0 Å². The highest BCUT2D eigenvalue weighted by molar-refractivity contribution is 6.01. The molecule has 9 aromatic carbocycles. The van der Waals surface area contributed by atoms with Gasteiger partial charge in [0, 0.05) is 0 Å². The summed E-state index contributed by atoms with van der Waals surface area (Å²) in [6.45, 7) is 4.48. The highest BCUT2D eigenvalue weighted by atomic mass is 14.2. The molecular weight excluding hydrogens is 817 g/mol. The predicted octanol–water partition coefficient (Wildman–Crippen LogP) is 18.1. The van der Waals surface area contributed by atoms with E-state index >= 15 is 0 Å². The third-order valence-corrected chi connectivity index (χ3v) is 13.4. The van der Waals surface area contributed by atoms with Gasteiger partial charge in [-0.3, -0.25) is 0 Å². The van der Waals surface area contributed by atoms with Gasteiger partial charge in [0.05, 0.1) is 0 Å². The van der Waals surface area contributed by atoms with Crippen LogP contribution in [0.25, 0.3) is 94.2 Å². The van der Waals surface area contributed by atoms with Gasteiger partial charge in [0.2, 0.25) is 0 Å². The van der Waals surface area contributed by atoms with E-state index in [9.17, 15) is 0 Å². The topological polar surface area (TPSA) is 0 Å². The molecule has 0 atom stereocenters. The SMILES string of the molecule is Cc1cc(-c2ccccc2/C=C\c2ccc(C=C3c4ccccc4C=Cc4ccccc43)cc2)c(C)cc1-c1ccccc1C=Cc1ccc(C=C2c3ccccc3C=Cc3ccccc32)cc1. The molecular formula is C68H50. The molecule has 0 aliphatic heterocycles. The summed E-state index contributed by atoms with van der Waals surface area (Å²) in [6.07, 6.45) is 22.5. The Morgan fingerprint density at radius 1 is 0.250 bits per heavy atom. The number of hydrogen-bond acceptors (Lipinski definition) is 0. The first-order chi connectivity index (χ1) is 33.5. The molecule has 0 fully saturated rings. The average molecular weight is 867 g/mol. The van der Waals surface area contributed by atoms with E-state index < -0.39 is 0 Å². The van der Waals surface area contributed by atoms with Crippen LogP contribution in [0.15, 0.2) is 206 Å². The monoisotopic (exact) mass is 866 g/mol. The number of aryl methyl sites for hydroxylation is 2. The van der Waals surface area contributed by atoms with Crippen molar-refractivity contribution in [2.75, 3.05) is 0 Å². The highest BCUT2D eigenvalue weighted by Crippen LogP contribution is 2.39. The maximum absolute atomic E-state index is 2.37. The quantitative estimate of drug-likeness (QED) is 0.134. The molecule has 0 saturated heterocycles. The smallest absolute Gasteiger partial charge is 0.00934 e. The van der Waals surface area contributed by atoms with Crippen LogP contribution in [0, 0.1) is 13.8 Å². The highest BCUT2D eigenvalue weighted by Gasteiger charge is 2.17. The van der Waals surface area contributed by atoms with E-state index in [-0.39, 0.29) is 0 Å². The van der Waals surface area contributed by atoms with Gasteiger partial charge in [-0.15, -0.1) is 0 Å². The molecule has 0 saturated carbocycles. The molecule has 0 bridgehead atoms. The molecule has 322 valence electrons. The van der Waals surface area contributed by atoms with Crippen molar-refractivity contribution in [1.29, 1.82) is 0 Å². The lowest BCUT2D eigenvalue weighted by atomic mass is 9.88. The summed E-state index contributed by atoms with van der Waals surface area (Å²) < 4.78 is 0. The summed E-state index contributed by atoms with van der Waals surface area (Å²) in [5, 5.41) is 0. The van der Waals surface area contributed by atoms with Crippen LogP contribution in [0.4, 0.5) is 0 Å². The lowest BCUT2D eigenvalue weighted by Gasteiger charge is -2.16. The Balaban J connectivity index is 0.829. The molecule has 9 aromatic rings. The second-order valence-corrected chi connectivity index (χ2v) is 17.8. The molecule has 0 N–H and O–H groups in total. The predicted molar refractivity (Wildman–Crippen MR) is 295 cm³/mol. The zero-order valence-corrected chi connectivity index (χ0v) is 38.4. The van der Waals surface area contributed by atoms with Crippen molar-refractivity contribution < 1.29 is 0 Å². The summed E-state index contributed by atoms with van der Waals surface area (Å²) in [4.78, 5) is 0. The number of rotatable bonds is 8. The van der Waals surface area contributed by atoms with Crippen molar-refractivity contribution >= 4 is 71.9 Å². The van der Waals surface area contributed by atoms with E-state index in [1.54, 1.807) is 0 Å². The second kappa shape index (κ2) is 18.7. The van der Waals surface area contributed by atoms with E-state index in [4.69, 9.17) is 0 Å². The zero-order chi connectivity index (χ0) is 45.8. The van der Waals surface area contributed by atoms with Crippen LogP contribution in [0.1, 0.15) is 89.0 Å². The van der Waals surface area contributed by atoms with Crippen LogP contribution < -0.4 is 0 Å². The fraction of sp³-hybridized carbons (Fsp3) is 0.0294. The summed E-state index contributed by atoms with van der Waals surface area (Å²) in [5.41, 5.74) is 27.0. The van der Waals surface area contributed by atoms with Crippen molar-refractivity contribution in [2.24, 2.45) is 0 Å². The van der Waals surface area contributed by atoms with E-state index in [1.165, 1.54) is 111 Å². The molecule has 2 aliphatic carbocycles. The molecule has 0 aromatic heterocycles. The molecule has 0 heterocycles. The van der Waals surface area contributed by atoms with Crippen LogP contribution in [-0.4, -0.2) is 0 Å². The van der Waals surface area contributed by atoms with Crippen LogP contribution in [0.3, 0.4) is 0 Å². The minimum Gasteiger partial charge on any atom is -0.0616 e. The molecule has 0 radical (unpaired) electrons. The molecule has 11 rings (SSSR count). The number of hydrogen-bond donors (Lipinski definition) is 0. The number of benzene rings is 9. The largest absolute Gasteiger partial charge is 0.0616 e. The minimum atomic E-state index is 1.16. The third-order valence-electron chi connectivity index (χ3n) is 13.4. The fourth-order valence-corrected chi connectivity index (χ4v) is 9.79. The number of fused-ring (bicyclic) bond motifs is 4. The van der Waals surface area contributed by atoms with Crippen LogP contribution in [0.2, 0.25) is 0 Å². The van der Waals surface area contributed by atoms with Gasteiger partial charge >= 0.3 is 0 Å². The Labute approximate surface area is 401 Å². The molecule has 2 aliphatic rings. The van der Waals surface area contributed by atoms with Gasteiger partial charge in [0.25, 0.3) is 0 Å². The third kappa shape index (κ3) is 8.64. The summed E-state index contributed by atoms with van der Waals surface area (Å²) >= 11 is 0. The van der Waals surface area contributed by atoms with Gasteiger partial charge in [-0.2, -0.15) is 0 Å². The molecule has 0 spiro atoms. The average Bonchev–Trinajstić information content (AvgIpc) is 3.65. The van der Waals surface area contributed by atoms with Crippen molar-refractivity contribution in [3.63, 3.8) is 0 Å². The maximum Gasteiger partial charge on any atom is -0.00934 e. The molecule has 0 unspecified atom stereocenters. The summed E-state index contributed by atoms with van der Waals surface area (Å²) in [5.74, 6) is 0. The Hall–Kier alpha value is -8.58. The molecule has 0 amide bonds. The summed E-state index contributed by atoms with van der Waals surface area (Å²) in [6, 6.07) is 74.7. The van der Waals surface area contributed by atoms with Gasteiger partial charge in [-0.1, -0.05) is 255 Å². The lowest BCUT2D eigenvalue weighted by Crippen LogP contribution is -1.93. The van der Waals surface area contributed by atoms with E-state index in [1.807, 2.05) is 0 Å². The second-order valence-electron chi connectivity index (χ2n) is 17.8. The van der Waals surface area contributed by atoms with Gasteiger partial charge in [0.15, 0.2) is 0 Å². The summed E-state index contributed by atoms with van der Waals surface area (Å²) in [7, 11) is 0. The van der Waals surface area contributed by atoms with Crippen molar-refractivity contribution in [3.8, 4) is 22.3 Å². The van der Waals surface area contributed by atoms with Crippen LogP contribution in [-0.2, 0) is 0 Å². The first kappa shape index (κ1) is 42.1. The van der Waals surface area contributed by atoms with Crippen molar-refractivity contribution in [3.05, 3.63) is 295 Å². The van der Waals surface area contributed by atoms with Gasteiger partial charge < -0.3 is 0 Å². The normalized spacial score (nSPS) is 12.6.